The maximum atomic E-state index is 13.4. The van der Waals surface area contributed by atoms with E-state index in [-0.39, 0.29) is 23.2 Å². The van der Waals surface area contributed by atoms with Crippen molar-refractivity contribution in [1.82, 2.24) is 4.57 Å². The van der Waals surface area contributed by atoms with Gasteiger partial charge in [0.15, 0.2) is 14.1 Å². The largest absolute Gasteiger partial charge is 0.495 e. The Morgan fingerprint density at radius 1 is 1.16 bits per heavy atom. The Balaban J connectivity index is 1.74. The molecule has 1 aliphatic heterocycles. The third kappa shape index (κ3) is 5.41. The highest BCUT2D eigenvalue weighted by Crippen LogP contribution is 2.38. The number of allylic oxidation sites excluding steroid dienone is 1. The first kappa shape index (κ1) is 24.5. The SMILES string of the molecule is CC(C)c1ccc(-c2ccc(F)cc2)n1CCC1=CC(=O)C(O[Si](C)(C)C(C)(C)C)CO1. The van der Waals surface area contributed by atoms with E-state index >= 15 is 0 Å². The summed E-state index contributed by atoms with van der Waals surface area (Å²) >= 11 is 0. The van der Waals surface area contributed by atoms with Crippen molar-refractivity contribution in [1.29, 1.82) is 0 Å². The molecule has 3 rings (SSSR count). The van der Waals surface area contributed by atoms with Crippen LogP contribution in [0.1, 0.15) is 52.7 Å². The second-order valence-electron chi connectivity index (χ2n) is 10.4. The Hall–Kier alpha value is -2.18. The van der Waals surface area contributed by atoms with Crippen LogP contribution in [0.3, 0.4) is 0 Å². The van der Waals surface area contributed by atoms with Gasteiger partial charge in [-0.05, 0) is 66.0 Å². The Kier molecular flexibility index (Phi) is 7.15. The van der Waals surface area contributed by atoms with Crippen molar-refractivity contribution in [2.75, 3.05) is 6.61 Å². The fourth-order valence-corrected chi connectivity index (χ4v) is 4.91. The van der Waals surface area contributed by atoms with Crippen molar-refractivity contribution in [2.24, 2.45) is 0 Å². The zero-order chi connectivity index (χ0) is 23.7. The van der Waals surface area contributed by atoms with Crippen molar-refractivity contribution in [3.05, 3.63) is 59.7 Å². The molecule has 0 saturated heterocycles. The highest BCUT2D eigenvalue weighted by Gasteiger charge is 2.41. The van der Waals surface area contributed by atoms with E-state index in [9.17, 15) is 9.18 Å². The first-order chi connectivity index (χ1) is 14.9. The van der Waals surface area contributed by atoms with Gasteiger partial charge in [0.2, 0.25) is 0 Å². The van der Waals surface area contributed by atoms with Gasteiger partial charge in [0.25, 0.3) is 0 Å². The Labute approximate surface area is 192 Å². The van der Waals surface area contributed by atoms with Gasteiger partial charge in [-0.1, -0.05) is 34.6 Å². The van der Waals surface area contributed by atoms with E-state index in [2.05, 4.69) is 64.4 Å². The number of ketones is 1. The second kappa shape index (κ2) is 9.36. The van der Waals surface area contributed by atoms with Gasteiger partial charge in [-0.3, -0.25) is 4.79 Å². The molecule has 0 saturated carbocycles. The van der Waals surface area contributed by atoms with Gasteiger partial charge >= 0.3 is 0 Å². The number of benzene rings is 1. The monoisotopic (exact) mass is 457 g/mol. The summed E-state index contributed by atoms with van der Waals surface area (Å²) in [4.78, 5) is 12.8. The molecule has 2 heterocycles. The number of ether oxygens (including phenoxy) is 1. The van der Waals surface area contributed by atoms with Crippen molar-refractivity contribution in [2.45, 2.75) is 77.7 Å². The summed E-state index contributed by atoms with van der Waals surface area (Å²) in [6.45, 7) is 16.0. The molecule has 0 N–H and O–H groups in total. The smallest absolute Gasteiger partial charge is 0.193 e. The molecule has 0 amide bonds. The van der Waals surface area contributed by atoms with Gasteiger partial charge in [-0.25, -0.2) is 4.39 Å². The molecule has 174 valence electrons. The third-order valence-corrected chi connectivity index (χ3v) is 11.1. The minimum absolute atomic E-state index is 0.00794. The molecule has 4 nitrogen and oxygen atoms in total. The van der Waals surface area contributed by atoms with Gasteiger partial charge in [-0.2, -0.15) is 0 Å². The summed E-state index contributed by atoms with van der Waals surface area (Å²) in [6.07, 6.45) is 1.70. The third-order valence-electron chi connectivity index (χ3n) is 6.61. The average Bonchev–Trinajstić information content (AvgIpc) is 3.12. The number of hydrogen-bond acceptors (Lipinski definition) is 3. The van der Waals surface area contributed by atoms with Crippen LogP contribution >= 0.6 is 0 Å². The summed E-state index contributed by atoms with van der Waals surface area (Å²) in [7, 11) is -2.05. The minimum Gasteiger partial charge on any atom is -0.495 e. The lowest BCUT2D eigenvalue weighted by Crippen LogP contribution is -2.48. The quantitative estimate of drug-likeness (QED) is 0.435. The standard InChI is InChI=1S/C26H36FNO3Si/c1-18(2)22-12-13-23(19-8-10-20(27)11-9-19)28(22)15-14-21-16-24(29)25(17-30-21)31-32(6,7)26(3,4)5/h8-13,16,18,25H,14-15,17H2,1-7H3. The van der Waals surface area contributed by atoms with Gasteiger partial charge in [0.05, 0.1) is 0 Å². The zero-order valence-corrected chi connectivity index (χ0v) is 21.4. The molecule has 1 atom stereocenters. The van der Waals surface area contributed by atoms with Gasteiger partial charge in [0, 0.05) is 30.4 Å². The molecule has 1 aromatic heterocycles. The second-order valence-corrected chi connectivity index (χ2v) is 15.2. The fraction of sp³-hybridized carbons (Fsp3) is 0.500. The average molecular weight is 458 g/mol. The van der Waals surface area contributed by atoms with E-state index in [1.165, 1.54) is 17.8 Å². The number of hydrogen-bond donors (Lipinski definition) is 0. The summed E-state index contributed by atoms with van der Waals surface area (Å²) in [5.41, 5.74) is 3.21. The molecule has 0 spiro atoms. The van der Waals surface area contributed by atoms with Crippen LogP contribution in [0.5, 0.6) is 0 Å². The lowest BCUT2D eigenvalue weighted by molar-refractivity contribution is -0.125. The van der Waals surface area contributed by atoms with E-state index in [1.54, 1.807) is 18.2 Å². The zero-order valence-electron chi connectivity index (χ0n) is 20.4. The summed E-state index contributed by atoms with van der Waals surface area (Å²) in [5, 5.41) is 0.0374. The maximum Gasteiger partial charge on any atom is 0.193 e. The molecule has 1 aromatic carbocycles. The van der Waals surface area contributed by atoms with Crippen LogP contribution in [0.25, 0.3) is 11.3 Å². The highest BCUT2D eigenvalue weighted by atomic mass is 28.4. The number of carbonyl (C=O) groups excluding carboxylic acids is 1. The number of rotatable bonds is 7. The first-order valence-electron chi connectivity index (χ1n) is 11.4. The predicted octanol–water partition coefficient (Wildman–Crippen LogP) is 6.68. The number of carbonyl (C=O) groups is 1. The number of halogens is 1. The maximum absolute atomic E-state index is 13.4. The molecular weight excluding hydrogens is 421 g/mol. The Morgan fingerprint density at radius 3 is 2.38 bits per heavy atom. The Bertz CT molecular complexity index is 983. The van der Waals surface area contributed by atoms with E-state index in [1.807, 2.05) is 0 Å². The van der Waals surface area contributed by atoms with Crippen LogP contribution in [-0.4, -0.2) is 31.4 Å². The molecular formula is C26H36FNO3Si. The van der Waals surface area contributed by atoms with Crippen molar-refractivity contribution >= 4 is 14.1 Å². The molecule has 2 aromatic rings. The van der Waals surface area contributed by atoms with Crippen LogP contribution in [0.2, 0.25) is 18.1 Å². The van der Waals surface area contributed by atoms with Crippen molar-refractivity contribution in [3.8, 4) is 11.3 Å². The fourth-order valence-electron chi connectivity index (χ4n) is 3.66. The molecule has 0 aliphatic carbocycles. The van der Waals surface area contributed by atoms with Crippen molar-refractivity contribution in [3.63, 3.8) is 0 Å². The molecule has 32 heavy (non-hydrogen) atoms. The molecule has 0 fully saturated rings. The van der Waals surface area contributed by atoms with E-state index in [4.69, 9.17) is 9.16 Å². The van der Waals surface area contributed by atoms with Crippen LogP contribution in [0.15, 0.2) is 48.2 Å². The molecule has 6 heteroatoms. The lowest BCUT2D eigenvalue weighted by Gasteiger charge is -2.39. The van der Waals surface area contributed by atoms with Gasteiger partial charge in [0.1, 0.15) is 24.3 Å². The van der Waals surface area contributed by atoms with E-state index in [0.717, 1.165) is 11.3 Å². The predicted molar refractivity (Wildman–Crippen MR) is 130 cm³/mol. The number of nitrogens with zero attached hydrogens (tertiary/aromatic N) is 1. The summed E-state index contributed by atoms with van der Waals surface area (Å²) in [6, 6.07) is 10.8. The Morgan fingerprint density at radius 2 is 1.81 bits per heavy atom. The topological polar surface area (TPSA) is 40.5 Å². The molecule has 1 unspecified atom stereocenters. The van der Waals surface area contributed by atoms with E-state index in [0.29, 0.717) is 24.6 Å². The number of aromatic nitrogens is 1. The van der Waals surface area contributed by atoms with Gasteiger partial charge in [-0.15, -0.1) is 0 Å². The van der Waals surface area contributed by atoms with Gasteiger partial charge < -0.3 is 13.7 Å². The highest BCUT2D eigenvalue weighted by molar-refractivity contribution is 6.74. The molecule has 1 aliphatic rings. The van der Waals surface area contributed by atoms with Crippen LogP contribution in [0.4, 0.5) is 4.39 Å². The van der Waals surface area contributed by atoms with Crippen molar-refractivity contribution < 1.29 is 18.3 Å². The summed E-state index contributed by atoms with van der Waals surface area (Å²) < 4.78 is 27.9. The molecule has 0 radical (unpaired) electrons. The lowest BCUT2D eigenvalue weighted by atomic mass is 10.1. The van der Waals surface area contributed by atoms with Crippen LogP contribution < -0.4 is 0 Å². The van der Waals surface area contributed by atoms with Crippen LogP contribution in [-0.2, 0) is 20.5 Å². The van der Waals surface area contributed by atoms with E-state index < -0.39 is 14.4 Å². The normalized spacial score (nSPS) is 17.5. The summed E-state index contributed by atoms with van der Waals surface area (Å²) in [5.74, 6) is 0.782. The first-order valence-corrected chi connectivity index (χ1v) is 14.3. The van der Waals surface area contributed by atoms with Crippen LogP contribution in [0, 0.1) is 5.82 Å². The minimum atomic E-state index is -2.05. The molecule has 0 bridgehead atoms.